The minimum Gasteiger partial charge on any atom is -0.741 e. The van der Waals surface area contributed by atoms with Crippen LogP contribution in [0.25, 0.3) is 0 Å². The van der Waals surface area contributed by atoms with E-state index in [1.807, 2.05) is 21.1 Å². The SMILES string of the molecule is C/N=C(\N)[N+](C)(C)C.O=S(=O)([O-])C(F)(F)F. The van der Waals surface area contributed by atoms with Crippen molar-refractivity contribution in [3.8, 4) is 0 Å². The van der Waals surface area contributed by atoms with Gasteiger partial charge in [-0.1, -0.05) is 0 Å². The molecule has 0 radical (unpaired) electrons. The molecule has 0 unspecified atom stereocenters. The summed E-state index contributed by atoms with van der Waals surface area (Å²) in [6, 6.07) is 0. The van der Waals surface area contributed by atoms with E-state index < -0.39 is 15.6 Å². The topological polar surface area (TPSA) is 95.6 Å². The first-order valence-corrected chi connectivity index (χ1v) is 5.20. The minimum atomic E-state index is -6.09. The van der Waals surface area contributed by atoms with E-state index in [0.717, 1.165) is 0 Å². The molecule has 0 spiro atoms. The highest BCUT2D eigenvalue weighted by Crippen LogP contribution is 2.20. The number of quaternary nitrogens is 1. The van der Waals surface area contributed by atoms with Crippen LogP contribution in [0, 0.1) is 0 Å². The van der Waals surface area contributed by atoms with Crippen LogP contribution in [0.1, 0.15) is 0 Å². The monoisotopic (exact) mass is 265 g/mol. The first kappa shape index (κ1) is 17.5. The van der Waals surface area contributed by atoms with Crippen molar-refractivity contribution >= 4 is 16.1 Å². The van der Waals surface area contributed by atoms with E-state index in [1.165, 1.54) is 0 Å². The maximum absolute atomic E-state index is 10.7. The average molecular weight is 265 g/mol. The van der Waals surface area contributed by atoms with E-state index in [0.29, 0.717) is 10.4 Å². The van der Waals surface area contributed by atoms with Crippen molar-refractivity contribution < 1.29 is 30.6 Å². The Morgan fingerprint density at radius 2 is 1.56 bits per heavy atom. The normalized spacial score (nSPS) is 14.1. The highest BCUT2D eigenvalue weighted by molar-refractivity contribution is 7.86. The minimum absolute atomic E-state index is 0.608. The fourth-order valence-corrected chi connectivity index (χ4v) is 0.300. The highest BCUT2D eigenvalue weighted by Gasteiger charge is 2.36. The standard InChI is InChI=1S/C5H14N3.CHF3O3S/c1-7-5(6)8(2,3)4;2-1(3,4)8(5,6)7/h1-4H3,(H2,6,7);(H,5,6,7)/q+1;/p-1. The van der Waals surface area contributed by atoms with Gasteiger partial charge in [0, 0.05) is 7.05 Å². The molecule has 98 valence electrons. The summed E-state index contributed by atoms with van der Waals surface area (Å²) in [4.78, 5) is 3.83. The zero-order valence-electron chi connectivity index (χ0n) is 9.24. The first-order valence-electron chi connectivity index (χ1n) is 3.80. The zero-order chi connectivity index (χ0) is 13.8. The number of nitrogens with two attached hydrogens (primary N) is 1. The molecule has 0 heterocycles. The Morgan fingerprint density at radius 3 is 1.56 bits per heavy atom. The molecule has 0 aromatic heterocycles. The van der Waals surface area contributed by atoms with E-state index in [9.17, 15) is 13.2 Å². The van der Waals surface area contributed by atoms with Crippen LogP contribution in [0.2, 0.25) is 0 Å². The van der Waals surface area contributed by atoms with Crippen LogP contribution >= 0.6 is 0 Å². The van der Waals surface area contributed by atoms with Crippen LogP contribution in [0.5, 0.6) is 0 Å². The Labute approximate surface area is 91.9 Å². The molecule has 6 nitrogen and oxygen atoms in total. The Morgan fingerprint density at radius 1 is 1.31 bits per heavy atom. The van der Waals surface area contributed by atoms with E-state index in [-0.39, 0.29) is 0 Å². The summed E-state index contributed by atoms with van der Waals surface area (Å²) in [6.45, 7) is 0. The summed E-state index contributed by atoms with van der Waals surface area (Å²) in [5.41, 5.74) is -0.174. The predicted molar refractivity (Wildman–Crippen MR) is 51.3 cm³/mol. The zero-order valence-corrected chi connectivity index (χ0v) is 10.1. The number of rotatable bonds is 0. The van der Waals surface area contributed by atoms with Gasteiger partial charge in [-0.15, -0.1) is 0 Å². The van der Waals surface area contributed by atoms with Crippen LogP contribution < -0.4 is 5.73 Å². The molecule has 0 aromatic rings. The summed E-state index contributed by atoms with van der Waals surface area (Å²) < 4.78 is 59.5. The molecule has 0 rings (SSSR count). The molecule has 0 aliphatic heterocycles. The quantitative estimate of drug-likeness (QED) is 0.214. The summed E-state index contributed by atoms with van der Waals surface area (Å²) in [5, 5.41) is 0. The van der Waals surface area contributed by atoms with Gasteiger partial charge in [0.05, 0.1) is 21.1 Å². The van der Waals surface area contributed by atoms with Crippen LogP contribution in [0.3, 0.4) is 0 Å². The third-order valence-corrected chi connectivity index (χ3v) is 1.77. The third kappa shape index (κ3) is 7.43. The van der Waals surface area contributed by atoms with Crippen LogP contribution in [-0.4, -0.2) is 57.1 Å². The fourth-order valence-electron chi connectivity index (χ4n) is 0.300. The summed E-state index contributed by atoms with van der Waals surface area (Å²) in [6.07, 6.45) is 0. The van der Waals surface area contributed by atoms with E-state index in [1.54, 1.807) is 7.05 Å². The van der Waals surface area contributed by atoms with Crippen LogP contribution in [0.4, 0.5) is 13.2 Å². The number of aliphatic imine (C=N–C) groups is 1. The summed E-state index contributed by atoms with van der Waals surface area (Å²) in [5.74, 6) is 0.644. The van der Waals surface area contributed by atoms with Crippen molar-refractivity contribution in [2.75, 3.05) is 28.2 Å². The van der Waals surface area contributed by atoms with Gasteiger partial charge >= 0.3 is 5.51 Å². The van der Waals surface area contributed by atoms with Crippen molar-refractivity contribution in [3.05, 3.63) is 0 Å². The van der Waals surface area contributed by atoms with Crippen molar-refractivity contribution in [2.45, 2.75) is 5.51 Å². The Balaban J connectivity index is 0. The van der Waals surface area contributed by atoms with Crippen molar-refractivity contribution in [1.29, 1.82) is 0 Å². The molecule has 2 N–H and O–H groups in total. The van der Waals surface area contributed by atoms with Crippen LogP contribution in [-0.2, 0) is 10.1 Å². The van der Waals surface area contributed by atoms with Gasteiger partial charge in [0.25, 0.3) is 5.96 Å². The van der Waals surface area contributed by atoms with Crippen molar-refractivity contribution in [1.82, 2.24) is 0 Å². The Kier molecular flexibility index (Phi) is 5.98. The molecule has 0 saturated heterocycles. The third-order valence-electron chi connectivity index (χ3n) is 1.20. The first-order chi connectivity index (χ1) is 6.73. The molecular weight excluding hydrogens is 251 g/mol. The van der Waals surface area contributed by atoms with E-state index in [4.69, 9.17) is 18.7 Å². The Hall–Kier alpha value is -0.870. The molecule has 0 bridgehead atoms. The number of halogens is 3. The lowest BCUT2D eigenvalue weighted by molar-refractivity contribution is -0.778. The second-order valence-electron chi connectivity index (χ2n) is 3.49. The van der Waals surface area contributed by atoms with Gasteiger partial charge in [0.1, 0.15) is 0 Å². The lowest BCUT2D eigenvalue weighted by atomic mass is 10.7. The number of hydrogen-bond donors (Lipinski definition) is 1. The average Bonchev–Trinajstić information content (AvgIpc) is 1.98. The molecule has 0 atom stereocenters. The summed E-state index contributed by atoms with van der Waals surface area (Å²) in [7, 11) is 1.53. The Bertz CT molecular complexity index is 342. The molecule has 0 fully saturated rings. The number of nitrogens with zero attached hydrogens (tertiary/aromatic N) is 2. The molecule has 0 amide bonds. The molecule has 0 saturated carbocycles. The van der Waals surface area contributed by atoms with Gasteiger partial charge < -0.3 is 10.3 Å². The van der Waals surface area contributed by atoms with E-state index >= 15 is 0 Å². The molecule has 0 aliphatic rings. The second-order valence-corrected chi connectivity index (χ2v) is 4.87. The van der Waals surface area contributed by atoms with Gasteiger partial charge in [0.15, 0.2) is 10.1 Å². The smallest absolute Gasteiger partial charge is 0.485 e. The van der Waals surface area contributed by atoms with Gasteiger partial charge in [-0.05, 0) is 0 Å². The van der Waals surface area contributed by atoms with Gasteiger partial charge in [-0.25, -0.2) is 13.4 Å². The highest BCUT2D eigenvalue weighted by atomic mass is 32.2. The number of hydrogen-bond acceptors (Lipinski definition) is 4. The van der Waals surface area contributed by atoms with Crippen molar-refractivity contribution in [2.24, 2.45) is 10.7 Å². The number of guanidine groups is 1. The largest absolute Gasteiger partial charge is 0.741 e. The van der Waals surface area contributed by atoms with Crippen LogP contribution in [0.15, 0.2) is 4.99 Å². The van der Waals surface area contributed by atoms with Gasteiger partial charge in [0.2, 0.25) is 0 Å². The molecular formula is C6H14F3N3O3S. The van der Waals surface area contributed by atoms with Crippen molar-refractivity contribution in [3.63, 3.8) is 0 Å². The fraction of sp³-hybridized carbons (Fsp3) is 0.833. The molecule has 16 heavy (non-hydrogen) atoms. The maximum atomic E-state index is 10.7. The lowest BCUT2D eigenvalue weighted by Gasteiger charge is -2.20. The molecule has 0 aliphatic carbocycles. The summed E-state index contributed by atoms with van der Waals surface area (Å²) >= 11 is 0. The number of alkyl halides is 3. The maximum Gasteiger partial charge on any atom is 0.485 e. The second kappa shape index (κ2) is 5.46. The van der Waals surface area contributed by atoms with E-state index in [2.05, 4.69) is 4.99 Å². The lowest BCUT2D eigenvalue weighted by Crippen LogP contribution is -2.46. The molecule has 10 heteroatoms. The van der Waals surface area contributed by atoms with Gasteiger partial charge in [-0.2, -0.15) is 13.2 Å². The predicted octanol–water partition coefficient (Wildman–Crippen LogP) is -0.312. The van der Waals surface area contributed by atoms with Gasteiger partial charge in [-0.3, -0.25) is 4.48 Å². The molecule has 0 aromatic carbocycles.